The molecule has 0 saturated carbocycles. The summed E-state index contributed by atoms with van der Waals surface area (Å²) < 4.78 is 0. The van der Waals surface area contributed by atoms with Crippen molar-refractivity contribution in [3.05, 3.63) is 49.2 Å². The van der Waals surface area contributed by atoms with Crippen molar-refractivity contribution in [2.75, 3.05) is 0 Å². The fraction of sp³-hybridized carbons (Fsp3) is 0.250. The molecule has 0 rings (SSSR count). The molecular formula is C12H17N. The molecule has 0 amide bonds. The third kappa shape index (κ3) is 2.86. The van der Waals surface area contributed by atoms with Crippen LogP contribution in [0.1, 0.15) is 13.8 Å². The van der Waals surface area contributed by atoms with E-state index in [0.29, 0.717) is 0 Å². The largest absolute Gasteiger partial charge is 0.273 e. The van der Waals surface area contributed by atoms with Gasteiger partial charge in [0.1, 0.15) is 0 Å². The third-order valence-corrected chi connectivity index (χ3v) is 2.14. The molecule has 0 saturated heterocycles. The van der Waals surface area contributed by atoms with Crippen LogP contribution < -0.4 is 0 Å². The summed E-state index contributed by atoms with van der Waals surface area (Å²) in [6, 6.07) is 0. The smallest absolute Gasteiger partial charge is 0.0275 e. The van der Waals surface area contributed by atoms with E-state index >= 15 is 0 Å². The van der Waals surface area contributed by atoms with Gasteiger partial charge in [0.15, 0.2) is 0 Å². The Morgan fingerprint density at radius 1 is 1.31 bits per heavy atom. The maximum atomic E-state index is 3.79. The second-order valence-electron chi connectivity index (χ2n) is 2.93. The maximum Gasteiger partial charge on any atom is 0.0275 e. The van der Waals surface area contributed by atoms with E-state index in [9.17, 15) is 0 Å². The lowest BCUT2D eigenvalue weighted by Gasteiger charge is -2.22. The summed E-state index contributed by atoms with van der Waals surface area (Å²) in [6.07, 6.45) is 9.33. The van der Waals surface area contributed by atoms with Crippen LogP contribution in [0, 0.1) is 5.41 Å². The first-order valence-corrected chi connectivity index (χ1v) is 4.21. The molecule has 1 heteroatoms. The SMILES string of the molecule is C=CC(C)(C=C)C(/C=C\N=C)=C/C. The summed E-state index contributed by atoms with van der Waals surface area (Å²) in [4.78, 5) is 3.67. The van der Waals surface area contributed by atoms with Gasteiger partial charge in [-0.05, 0) is 32.2 Å². The Balaban J connectivity index is 4.96. The van der Waals surface area contributed by atoms with Crippen molar-refractivity contribution in [1.29, 1.82) is 0 Å². The van der Waals surface area contributed by atoms with Crippen LogP contribution in [0.4, 0.5) is 0 Å². The van der Waals surface area contributed by atoms with Gasteiger partial charge in [0.25, 0.3) is 0 Å². The minimum absolute atomic E-state index is 0.185. The van der Waals surface area contributed by atoms with Crippen molar-refractivity contribution in [3.8, 4) is 0 Å². The van der Waals surface area contributed by atoms with Gasteiger partial charge in [-0.3, -0.25) is 4.99 Å². The van der Waals surface area contributed by atoms with E-state index in [2.05, 4.69) is 31.8 Å². The van der Waals surface area contributed by atoms with Crippen molar-refractivity contribution in [3.63, 3.8) is 0 Å². The second kappa shape index (κ2) is 5.31. The summed E-state index contributed by atoms with van der Waals surface area (Å²) in [7, 11) is 0. The van der Waals surface area contributed by atoms with Gasteiger partial charge in [0.2, 0.25) is 0 Å². The van der Waals surface area contributed by atoms with Gasteiger partial charge in [0, 0.05) is 11.6 Å². The highest BCUT2D eigenvalue weighted by Crippen LogP contribution is 2.30. The van der Waals surface area contributed by atoms with Gasteiger partial charge < -0.3 is 0 Å². The lowest BCUT2D eigenvalue weighted by Crippen LogP contribution is -2.10. The molecule has 0 unspecified atom stereocenters. The van der Waals surface area contributed by atoms with E-state index in [1.807, 2.05) is 31.2 Å². The number of nitrogens with zero attached hydrogens (tertiary/aromatic N) is 1. The molecule has 0 fully saturated rings. The van der Waals surface area contributed by atoms with Crippen LogP contribution in [0.25, 0.3) is 0 Å². The quantitative estimate of drug-likeness (QED) is 0.344. The maximum absolute atomic E-state index is 3.79. The minimum Gasteiger partial charge on any atom is -0.273 e. The Bertz CT molecular complexity index is 248. The molecular weight excluding hydrogens is 158 g/mol. The zero-order chi connectivity index (χ0) is 10.3. The summed E-state index contributed by atoms with van der Waals surface area (Å²) >= 11 is 0. The number of hydrogen-bond acceptors (Lipinski definition) is 1. The number of aliphatic imine (C=N–C) groups is 1. The summed E-state index contributed by atoms with van der Waals surface area (Å²) in [6.45, 7) is 15.0. The predicted octanol–water partition coefficient (Wildman–Crippen LogP) is 3.53. The molecule has 0 atom stereocenters. The number of hydrogen-bond donors (Lipinski definition) is 0. The lowest BCUT2D eigenvalue weighted by atomic mass is 9.82. The highest BCUT2D eigenvalue weighted by atomic mass is 14.6. The van der Waals surface area contributed by atoms with Gasteiger partial charge in [-0.1, -0.05) is 18.2 Å². The topological polar surface area (TPSA) is 12.4 Å². The normalized spacial score (nSPS) is 12.9. The van der Waals surface area contributed by atoms with Gasteiger partial charge in [-0.25, -0.2) is 0 Å². The van der Waals surface area contributed by atoms with E-state index in [1.54, 1.807) is 6.20 Å². The van der Waals surface area contributed by atoms with Gasteiger partial charge >= 0.3 is 0 Å². The zero-order valence-electron chi connectivity index (χ0n) is 8.46. The molecule has 0 radical (unpaired) electrons. The van der Waals surface area contributed by atoms with Crippen molar-refractivity contribution >= 4 is 6.72 Å². The van der Waals surface area contributed by atoms with Crippen LogP contribution in [0.3, 0.4) is 0 Å². The van der Waals surface area contributed by atoms with E-state index in [-0.39, 0.29) is 5.41 Å². The van der Waals surface area contributed by atoms with Crippen LogP contribution in [-0.2, 0) is 0 Å². The molecule has 70 valence electrons. The van der Waals surface area contributed by atoms with Crippen molar-refractivity contribution in [1.82, 2.24) is 0 Å². The highest BCUT2D eigenvalue weighted by molar-refractivity contribution is 5.35. The molecule has 1 nitrogen and oxygen atoms in total. The van der Waals surface area contributed by atoms with Crippen molar-refractivity contribution < 1.29 is 0 Å². The Kier molecular flexibility index (Phi) is 4.75. The molecule has 0 aromatic heterocycles. The highest BCUT2D eigenvalue weighted by Gasteiger charge is 2.18. The average Bonchev–Trinajstić information content (AvgIpc) is 2.18. The van der Waals surface area contributed by atoms with Crippen molar-refractivity contribution in [2.24, 2.45) is 10.4 Å². The molecule has 0 N–H and O–H groups in total. The monoisotopic (exact) mass is 175 g/mol. The minimum atomic E-state index is -0.185. The summed E-state index contributed by atoms with van der Waals surface area (Å²) in [5.74, 6) is 0. The first-order chi connectivity index (χ1) is 6.14. The van der Waals surface area contributed by atoms with Crippen LogP contribution in [0.5, 0.6) is 0 Å². The Morgan fingerprint density at radius 3 is 2.15 bits per heavy atom. The van der Waals surface area contributed by atoms with Gasteiger partial charge in [-0.15, -0.1) is 13.2 Å². The average molecular weight is 175 g/mol. The van der Waals surface area contributed by atoms with E-state index in [4.69, 9.17) is 0 Å². The fourth-order valence-electron chi connectivity index (χ4n) is 1.04. The molecule has 0 aromatic rings. The fourth-order valence-corrected chi connectivity index (χ4v) is 1.04. The van der Waals surface area contributed by atoms with E-state index < -0.39 is 0 Å². The summed E-state index contributed by atoms with van der Waals surface area (Å²) in [5, 5.41) is 0. The molecule has 0 aliphatic carbocycles. The Labute approximate surface area is 80.9 Å². The standard InChI is InChI=1S/C12H17N/c1-6-11(9-10-13-5)12(4,7-2)8-3/h6-10H,2-3,5H2,1,4H3/b10-9-,11-6+. The van der Waals surface area contributed by atoms with Crippen LogP contribution >= 0.6 is 0 Å². The van der Waals surface area contributed by atoms with Crippen LogP contribution in [0.15, 0.2) is 54.2 Å². The van der Waals surface area contributed by atoms with Crippen LogP contribution in [0.2, 0.25) is 0 Å². The van der Waals surface area contributed by atoms with Crippen molar-refractivity contribution in [2.45, 2.75) is 13.8 Å². The molecule has 0 bridgehead atoms. The number of allylic oxidation sites excluding steroid dienone is 5. The van der Waals surface area contributed by atoms with E-state index in [0.717, 1.165) is 5.57 Å². The van der Waals surface area contributed by atoms with Gasteiger partial charge in [-0.2, -0.15) is 0 Å². The van der Waals surface area contributed by atoms with E-state index in [1.165, 1.54) is 0 Å². The molecule has 13 heavy (non-hydrogen) atoms. The first kappa shape index (κ1) is 11.6. The molecule has 0 aliphatic heterocycles. The first-order valence-electron chi connectivity index (χ1n) is 4.21. The Hall–Kier alpha value is -1.37. The third-order valence-electron chi connectivity index (χ3n) is 2.14. The molecule has 0 spiro atoms. The summed E-state index contributed by atoms with van der Waals surface area (Å²) in [5.41, 5.74) is 0.931. The predicted molar refractivity (Wildman–Crippen MR) is 60.9 cm³/mol. The second-order valence-corrected chi connectivity index (χ2v) is 2.93. The number of rotatable bonds is 5. The molecule has 0 heterocycles. The molecule has 0 aromatic carbocycles. The molecule has 0 aliphatic rings. The zero-order valence-corrected chi connectivity index (χ0v) is 8.46. The van der Waals surface area contributed by atoms with Gasteiger partial charge in [0.05, 0.1) is 0 Å². The Morgan fingerprint density at radius 2 is 1.85 bits per heavy atom. The lowest BCUT2D eigenvalue weighted by molar-refractivity contribution is 0.683. The van der Waals surface area contributed by atoms with Crippen LogP contribution in [-0.4, -0.2) is 6.72 Å².